The molecule has 3 atom stereocenters. The number of nitrogens with zero attached hydrogens (tertiary/aromatic N) is 1. The fourth-order valence-corrected chi connectivity index (χ4v) is 5.31. The second-order valence-electron chi connectivity index (χ2n) is 7.26. The lowest BCUT2D eigenvalue weighted by molar-refractivity contribution is 0.413. The zero-order valence-corrected chi connectivity index (χ0v) is 20.0. The lowest BCUT2D eigenvalue weighted by Crippen LogP contribution is -2.46. The Morgan fingerprint density at radius 2 is 2.14 bits per heavy atom. The van der Waals surface area contributed by atoms with Crippen LogP contribution in [-0.2, 0) is 17.2 Å². The molecule has 0 amide bonds. The number of aryl methyl sites for hydroxylation is 1. The summed E-state index contributed by atoms with van der Waals surface area (Å²) in [7, 11) is 1.13. The summed E-state index contributed by atoms with van der Waals surface area (Å²) in [4.78, 5) is 7.71. The first kappa shape index (κ1) is 23.2. The molecule has 0 spiro atoms. The molecular formula is C21H33IN4OS. The summed E-state index contributed by atoms with van der Waals surface area (Å²) in [6.45, 7) is 2.90. The zero-order chi connectivity index (χ0) is 19.1. The second-order valence-corrected chi connectivity index (χ2v) is 9.27. The molecule has 28 heavy (non-hydrogen) atoms. The maximum atomic E-state index is 12.1. The van der Waals surface area contributed by atoms with Gasteiger partial charge in [0.25, 0.3) is 0 Å². The maximum Gasteiger partial charge on any atom is 0.191 e. The van der Waals surface area contributed by atoms with Crippen molar-refractivity contribution < 1.29 is 4.21 Å². The molecule has 1 fully saturated rings. The Kier molecular flexibility index (Phi) is 9.77. The summed E-state index contributed by atoms with van der Waals surface area (Å²) in [6, 6.07) is 8.82. The van der Waals surface area contributed by atoms with Crippen molar-refractivity contribution in [3.8, 4) is 0 Å². The molecule has 3 N–H and O–H groups in total. The highest BCUT2D eigenvalue weighted by atomic mass is 127. The average molecular weight is 516 g/mol. The Balaban J connectivity index is 0.00000280. The van der Waals surface area contributed by atoms with E-state index in [4.69, 9.17) is 0 Å². The van der Waals surface area contributed by atoms with Gasteiger partial charge in [-0.15, -0.1) is 24.0 Å². The number of aliphatic imine (C=N–C) groups is 1. The Morgan fingerprint density at radius 3 is 2.93 bits per heavy atom. The number of hydrogen-bond acceptors (Lipinski definition) is 2. The van der Waals surface area contributed by atoms with Crippen molar-refractivity contribution in [1.29, 1.82) is 0 Å². The van der Waals surface area contributed by atoms with Gasteiger partial charge in [-0.2, -0.15) is 0 Å². The fraction of sp³-hybridized carbons (Fsp3) is 0.571. The molecule has 3 unspecified atom stereocenters. The molecule has 1 aliphatic rings. The van der Waals surface area contributed by atoms with E-state index < -0.39 is 10.8 Å². The SMILES string of the molecule is CCS(=O)C1CCCC(NC(=NC)NCCCc2c[nH]c3ccccc23)C1.I. The molecule has 1 aromatic heterocycles. The average Bonchev–Trinajstić information content (AvgIpc) is 3.13. The van der Waals surface area contributed by atoms with Gasteiger partial charge >= 0.3 is 0 Å². The largest absolute Gasteiger partial charge is 0.361 e. The minimum atomic E-state index is -0.690. The number of aromatic amines is 1. The number of aromatic nitrogens is 1. The molecular weight excluding hydrogens is 483 g/mol. The zero-order valence-electron chi connectivity index (χ0n) is 16.9. The van der Waals surface area contributed by atoms with Crippen LogP contribution < -0.4 is 10.6 Å². The third-order valence-corrected chi connectivity index (χ3v) is 7.18. The van der Waals surface area contributed by atoms with Crippen LogP contribution in [-0.4, -0.2) is 45.8 Å². The molecule has 0 aliphatic heterocycles. The molecule has 3 rings (SSSR count). The van der Waals surface area contributed by atoms with Crippen LogP contribution in [0.15, 0.2) is 35.5 Å². The van der Waals surface area contributed by atoms with Crippen molar-refractivity contribution in [2.75, 3.05) is 19.3 Å². The van der Waals surface area contributed by atoms with Crippen molar-refractivity contribution in [1.82, 2.24) is 15.6 Å². The predicted molar refractivity (Wildman–Crippen MR) is 131 cm³/mol. The van der Waals surface area contributed by atoms with Crippen molar-refractivity contribution in [2.24, 2.45) is 4.99 Å². The molecule has 5 nitrogen and oxygen atoms in total. The quantitative estimate of drug-likeness (QED) is 0.226. The maximum absolute atomic E-state index is 12.1. The van der Waals surface area contributed by atoms with Gasteiger partial charge in [-0.05, 0) is 43.7 Å². The van der Waals surface area contributed by atoms with Gasteiger partial charge in [0.1, 0.15) is 0 Å². The molecule has 7 heteroatoms. The van der Waals surface area contributed by atoms with Crippen molar-refractivity contribution in [3.63, 3.8) is 0 Å². The van der Waals surface area contributed by atoms with E-state index in [1.807, 2.05) is 14.0 Å². The van der Waals surface area contributed by atoms with E-state index in [-0.39, 0.29) is 24.0 Å². The fourth-order valence-electron chi connectivity index (χ4n) is 3.96. The minimum Gasteiger partial charge on any atom is -0.361 e. The summed E-state index contributed by atoms with van der Waals surface area (Å²) in [6.07, 6.45) is 8.56. The van der Waals surface area contributed by atoms with Crippen LogP contribution in [0.25, 0.3) is 10.9 Å². The topological polar surface area (TPSA) is 69.3 Å². The predicted octanol–water partition coefficient (Wildman–Crippen LogP) is 3.96. The molecule has 0 saturated heterocycles. The first-order chi connectivity index (χ1) is 13.2. The summed E-state index contributed by atoms with van der Waals surface area (Å²) >= 11 is 0. The molecule has 0 radical (unpaired) electrons. The highest BCUT2D eigenvalue weighted by molar-refractivity contribution is 14.0. The number of H-pyrrole nitrogens is 1. The minimum absolute atomic E-state index is 0. The summed E-state index contributed by atoms with van der Waals surface area (Å²) in [5, 5.41) is 8.63. The standard InChI is InChI=1S/C21H32N4OS.HI/c1-3-27(26)18-10-6-9-17(14-18)25-21(22-2)23-13-7-8-16-15-24-20-12-5-4-11-19(16)20;/h4-5,11-12,15,17-18,24H,3,6-10,13-14H2,1-2H3,(H2,22,23,25);1H. The van der Waals surface area contributed by atoms with Crippen molar-refractivity contribution in [3.05, 3.63) is 36.0 Å². The van der Waals surface area contributed by atoms with Crippen LogP contribution in [0.1, 0.15) is 44.6 Å². The Labute approximate surface area is 188 Å². The molecule has 156 valence electrons. The second kappa shape index (κ2) is 11.8. The Bertz CT molecular complexity index is 792. The third-order valence-electron chi connectivity index (χ3n) is 5.44. The Morgan fingerprint density at radius 1 is 1.32 bits per heavy atom. The van der Waals surface area contributed by atoms with Crippen molar-refractivity contribution in [2.45, 2.75) is 56.7 Å². The number of benzene rings is 1. The van der Waals surface area contributed by atoms with E-state index in [1.54, 1.807) is 0 Å². The number of fused-ring (bicyclic) bond motifs is 1. The number of nitrogens with one attached hydrogen (secondary N) is 3. The lowest BCUT2D eigenvalue weighted by atomic mass is 9.95. The van der Waals surface area contributed by atoms with E-state index in [0.29, 0.717) is 11.3 Å². The highest BCUT2D eigenvalue weighted by Crippen LogP contribution is 2.23. The van der Waals surface area contributed by atoms with Gasteiger partial charge in [0.2, 0.25) is 0 Å². The van der Waals surface area contributed by atoms with Crippen LogP contribution in [0.5, 0.6) is 0 Å². The van der Waals surface area contributed by atoms with Crippen molar-refractivity contribution >= 4 is 51.6 Å². The van der Waals surface area contributed by atoms with Crippen LogP contribution in [0.4, 0.5) is 0 Å². The first-order valence-corrected chi connectivity index (χ1v) is 11.5. The smallest absolute Gasteiger partial charge is 0.191 e. The number of para-hydroxylation sites is 1. The van der Waals surface area contributed by atoms with E-state index >= 15 is 0 Å². The summed E-state index contributed by atoms with van der Waals surface area (Å²) < 4.78 is 12.1. The summed E-state index contributed by atoms with van der Waals surface area (Å²) in [5.74, 6) is 1.62. The number of halogens is 1. The van der Waals surface area contributed by atoms with Gasteiger partial charge < -0.3 is 15.6 Å². The van der Waals surface area contributed by atoms with Gasteiger partial charge in [-0.25, -0.2) is 0 Å². The molecule has 1 saturated carbocycles. The normalized spacial score (nSPS) is 21.1. The monoisotopic (exact) mass is 516 g/mol. The molecule has 1 aromatic carbocycles. The third kappa shape index (κ3) is 6.20. The molecule has 1 aliphatic carbocycles. The molecule has 2 aromatic rings. The van der Waals surface area contributed by atoms with Crippen LogP contribution in [0.3, 0.4) is 0 Å². The van der Waals surface area contributed by atoms with E-state index in [0.717, 1.165) is 56.8 Å². The van der Waals surface area contributed by atoms with Gasteiger partial charge in [0.15, 0.2) is 5.96 Å². The summed E-state index contributed by atoms with van der Waals surface area (Å²) in [5.41, 5.74) is 2.57. The molecule has 0 bridgehead atoms. The number of hydrogen-bond donors (Lipinski definition) is 3. The molecule has 1 heterocycles. The van der Waals surface area contributed by atoms with Crippen LogP contribution in [0.2, 0.25) is 0 Å². The van der Waals surface area contributed by atoms with Gasteiger partial charge in [0.05, 0.1) is 0 Å². The Hall–Kier alpha value is -1.09. The number of rotatable bonds is 7. The van der Waals surface area contributed by atoms with Crippen LogP contribution in [0, 0.1) is 0 Å². The van der Waals surface area contributed by atoms with E-state index in [9.17, 15) is 4.21 Å². The lowest BCUT2D eigenvalue weighted by Gasteiger charge is -2.30. The van der Waals surface area contributed by atoms with Crippen LogP contribution >= 0.6 is 24.0 Å². The highest BCUT2D eigenvalue weighted by Gasteiger charge is 2.25. The number of guanidine groups is 1. The van der Waals surface area contributed by atoms with Gasteiger partial charge in [-0.1, -0.05) is 31.5 Å². The van der Waals surface area contributed by atoms with Gasteiger partial charge in [0, 0.05) is 58.5 Å². The van der Waals surface area contributed by atoms with Gasteiger partial charge in [-0.3, -0.25) is 9.20 Å². The van der Waals surface area contributed by atoms with E-state index in [1.165, 1.54) is 16.5 Å². The van der Waals surface area contributed by atoms with E-state index in [2.05, 4.69) is 51.1 Å². The first-order valence-electron chi connectivity index (χ1n) is 10.1.